The Morgan fingerprint density at radius 2 is 2.03 bits per heavy atom. The van der Waals surface area contributed by atoms with Crippen LogP contribution in [0.25, 0.3) is 0 Å². The van der Waals surface area contributed by atoms with Crippen LogP contribution in [0.15, 0.2) is 18.3 Å². The normalized spacial score (nSPS) is 20.6. The first-order valence-corrected chi connectivity index (χ1v) is 11.7. The molecule has 0 radical (unpaired) electrons. The van der Waals surface area contributed by atoms with E-state index in [0.29, 0.717) is 44.5 Å². The number of amides is 1. The first kappa shape index (κ1) is 24.0. The predicted octanol–water partition coefficient (Wildman–Crippen LogP) is 2.38. The molecule has 34 heavy (non-hydrogen) atoms. The third-order valence-corrected chi connectivity index (χ3v) is 6.11. The number of anilines is 4. The molecule has 1 saturated heterocycles. The summed E-state index contributed by atoms with van der Waals surface area (Å²) in [6.07, 6.45) is 5.34. The van der Waals surface area contributed by atoms with Crippen LogP contribution in [0.2, 0.25) is 0 Å². The second-order valence-electron chi connectivity index (χ2n) is 8.48. The maximum atomic E-state index is 14.8. The van der Waals surface area contributed by atoms with Crippen LogP contribution in [0.3, 0.4) is 0 Å². The maximum Gasteiger partial charge on any atom is 0.252 e. The number of carbonyl (C=O) groups excluding carboxylic acids is 1. The molecule has 3 heterocycles. The van der Waals surface area contributed by atoms with Gasteiger partial charge in [-0.1, -0.05) is 12.8 Å². The van der Waals surface area contributed by atoms with Gasteiger partial charge in [0, 0.05) is 25.2 Å². The van der Waals surface area contributed by atoms with Gasteiger partial charge in [-0.15, -0.1) is 0 Å². The van der Waals surface area contributed by atoms with Crippen molar-refractivity contribution in [1.82, 2.24) is 9.97 Å². The average Bonchev–Trinajstić information content (AvgIpc) is 2.84. The number of halogens is 1. The maximum absolute atomic E-state index is 14.8. The second-order valence-corrected chi connectivity index (χ2v) is 8.48. The highest BCUT2D eigenvalue weighted by Gasteiger charge is 2.25. The molecule has 2 aromatic heterocycles. The number of ether oxygens (including phenoxy) is 2. The average molecular weight is 474 g/mol. The molecular weight excluding hydrogens is 441 g/mol. The molecule has 4 rings (SSSR count). The summed E-state index contributed by atoms with van der Waals surface area (Å²) in [6.45, 7) is 4.97. The highest BCUT2D eigenvalue weighted by Crippen LogP contribution is 2.32. The van der Waals surface area contributed by atoms with Gasteiger partial charge in [0.2, 0.25) is 5.88 Å². The molecule has 2 aliphatic rings. The lowest BCUT2D eigenvalue weighted by atomic mass is 9.91. The quantitative estimate of drug-likeness (QED) is 0.455. The Bertz CT molecular complexity index is 1020. The van der Waals surface area contributed by atoms with E-state index in [0.717, 1.165) is 37.4 Å². The van der Waals surface area contributed by atoms with Crippen LogP contribution in [-0.2, 0) is 4.74 Å². The van der Waals surface area contributed by atoms with Crippen molar-refractivity contribution in [3.63, 3.8) is 0 Å². The minimum absolute atomic E-state index is 0.0298. The molecule has 1 saturated carbocycles. The second kappa shape index (κ2) is 10.8. The summed E-state index contributed by atoms with van der Waals surface area (Å²) in [7, 11) is 0. The molecule has 6 N–H and O–H groups in total. The highest BCUT2D eigenvalue weighted by molar-refractivity contribution is 5.98. The predicted molar refractivity (Wildman–Crippen MR) is 128 cm³/mol. The van der Waals surface area contributed by atoms with Crippen LogP contribution in [0.1, 0.15) is 43.0 Å². The topological polar surface area (TPSA) is 141 Å². The molecule has 0 spiro atoms. The number of morpholine rings is 1. The molecule has 1 amide bonds. The fourth-order valence-electron chi connectivity index (χ4n) is 4.31. The molecule has 2 atom stereocenters. The smallest absolute Gasteiger partial charge is 0.252 e. The van der Waals surface area contributed by atoms with Crippen molar-refractivity contribution in [2.24, 2.45) is 11.5 Å². The van der Waals surface area contributed by atoms with Crippen molar-refractivity contribution in [2.75, 3.05) is 48.4 Å². The van der Waals surface area contributed by atoms with Crippen LogP contribution in [0.5, 0.6) is 5.88 Å². The van der Waals surface area contributed by atoms with Crippen LogP contribution in [0.4, 0.5) is 27.4 Å². The summed E-state index contributed by atoms with van der Waals surface area (Å²) < 4.78 is 26.0. The van der Waals surface area contributed by atoms with Crippen molar-refractivity contribution >= 4 is 28.9 Å². The molecule has 184 valence electrons. The van der Waals surface area contributed by atoms with Crippen molar-refractivity contribution in [3.8, 4) is 5.88 Å². The number of aromatic nitrogens is 2. The number of pyridine rings is 2. The Kier molecular flexibility index (Phi) is 7.63. The van der Waals surface area contributed by atoms with E-state index < -0.39 is 11.7 Å². The van der Waals surface area contributed by atoms with E-state index in [1.54, 1.807) is 6.20 Å². The zero-order valence-electron chi connectivity index (χ0n) is 19.3. The van der Waals surface area contributed by atoms with Crippen molar-refractivity contribution in [2.45, 2.75) is 44.7 Å². The van der Waals surface area contributed by atoms with Crippen LogP contribution in [-0.4, -0.2) is 60.9 Å². The van der Waals surface area contributed by atoms with Gasteiger partial charge in [0.1, 0.15) is 11.5 Å². The highest BCUT2D eigenvalue weighted by atomic mass is 19.1. The number of carbonyl (C=O) groups is 1. The van der Waals surface area contributed by atoms with Crippen molar-refractivity contribution in [3.05, 3.63) is 29.7 Å². The molecule has 0 bridgehead atoms. The van der Waals surface area contributed by atoms with Gasteiger partial charge in [-0.2, -0.15) is 0 Å². The first-order chi connectivity index (χ1) is 16.5. The standard InChI is InChI=1S/C23H32FN7O3/c1-2-34-23-19(31-7-9-33-10-8-31)11-14(13-27-23)28-21-15(20(26)32)12-16(24)22(30-21)29-18-6-4-3-5-17(18)25/h11-13,17-18H,2-10,25H2,1H3,(H2,26,32)(H2,28,29,30)/t17-,18+/m0/s1. The van der Waals surface area contributed by atoms with E-state index in [2.05, 4.69) is 25.5 Å². The van der Waals surface area contributed by atoms with Crippen LogP contribution in [0, 0.1) is 5.82 Å². The molecule has 2 fully saturated rings. The van der Waals surface area contributed by atoms with Crippen LogP contribution >= 0.6 is 0 Å². The van der Waals surface area contributed by atoms with E-state index >= 15 is 0 Å². The Morgan fingerprint density at radius 3 is 2.74 bits per heavy atom. The molecular formula is C23H32FN7O3. The lowest BCUT2D eigenvalue weighted by Gasteiger charge is -2.30. The third kappa shape index (κ3) is 5.48. The van der Waals surface area contributed by atoms with Gasteiger partial charge < -0.3 is 36.5 Å². The number of nitrogens with two attached hydrogens (primary N) is 2. The summed E-state index contributed by atoms with van der Waals surface area (Å²) in [5.74, 6) is -0.773. The van der Waals surface area contributed by atoms with E-state index in [9.17, 15) is 9.18 Å². The summed E-state index contributed by atoms with van der Waals surface area (Å²) in [5, 5.41) is 6.21. The SMILES string of the molecule is CCOc1ncc(Nc2nc(N[C@@H]3CCCC[C@@H]3N)c(F)cc2C(N)=O)cc1N1CCOCC1. The van der Waals surface area contributed by atoms with E-state index in [1.165, 1.54) is 0 Å². The largest absolute Gasteiger partial charge is 0.476 e. The van der Waals surface area contributed by atoms with Crippen molar-refractivity contribution < 1.29 is 18.7 Å². The summed E-state index contributed by atoms with van der Waals surface area (Å²) >= 11 is 0. The monoisotopic (exact) mass is 473 g/mol. The summed E-state index contributed by atoms with van der Waals surface area (Å²) in [6, 6.07) is 2.78. The Hall–Kier alpha value is -3.18. The lowest BCUT2D eigenvalue weighted by Crippen LogP contribution is -2.43. The summed E-state index contributed by atoms with van der Waals surface area (Å²) in [5.41, 5.74) is 13.0. The minimum atomic E-state index is -0.790. The molecule has 2 aromatic rings. The minimum Gasteiger partial charge on any atom is -0.476 e. The van der Waals surface area contributed by atoms with E-state index in [1.807, 2.05) is 13.0 Å². The Labute approximate surface area is 198 Å². The van der Waals surface area contributed by atoms with Gasteiger partial charge in [0.25, 0.3) is 5.91 Å². The number of primary amides is 1. The zero-order valence-corrected chi connectivity index (χ0v) is 19.3. The number of hydrogen-bond donors (Lipinski definition) is 4. The summed E-state index contributed by atoms with van der Waals surface area (Å²) in [4.78, 5) is 23.0. The number of nitrogens with zero attached hydrogens (tertiary/aromatic N) is 3. The van der Waals surface area contributed by atoms with Gasteiger partial charge in [-0.3, -0.25) is 4.79 Å². The van der Waals surface area contributed by atoms with Gasteiger partial charge in [0.15, 0.2) is 11.6 Å². The first-order valence-electron chi connectivity index (χ1n) is 11.7. The fourth-order valence-corrected chi connectivity index (χ4v) is 4.31. The number of nitrogens with one attached hydrogen (secondary N) is 2. The van der Waals surface area contributed by atoms with Crippen molar-refractivity contribution in [1.29, 1.82) is 0 Å². The Balaban J connectivity index is 1.64. The molecule has 1 aliphatic heterocycles. The zero-order chi connectivity index (χ0) is 24.1. The van der Waals surface area contributed by atoms with Gasteiger partial charge in [-0.05, 0) is 31.9 Å². The van der Waals surface area contributed by atoms with Crippen LogP contribution < -0.4 is 31.7 Å². The Morgan fingerprint density at radius 1 is 1.26 bits per heavy atom. The van der Waals surface area contributed by atoms with E-state index in [-0.39, 0.29) is 29.3 Å². The fraction of sp³-hybridized carbons (Fsp3) is 0.522. The molecule has 10 nitrogen and oxygen atoms in total. The van der Waals surface area contributed by atoms with E-state index in [4.69, 9.17) is 20.9 Å². The third-order valence-electron chi connectivity index (χ3n) is 6.11. The molecule has 0 unspecified atom stereocenters. The lowest BCUT2D eigenvalue weighted by molar-refractivity contribution is 0.100. The molecule has 11 heteroatoms. The van der Waals surface area contributed by atoms with Gasteiger partial charge >= 0.3 is 0 Å². The van der Waals surface area contributed by atoms with Gasteiger partial charge in [-0.25, -0.2) is 14.4 Å². The number of hydrogen-bond acceptors (Lipinski definition) is 9. The molecule has 1 aliphatic carbocycles. The number of rotatable bonds is 8. The molecule has 0 aromatic carbocycles. The van der Waals surface area contributed by atoms with Gasteiger partial charge in [0.05, 0.1) is 37.3 Å².